The highest BCUT2D eigenvalue weighted by Gasteiger charge is 2.16. The fourth-order valence-corrected chi connectivity index (χ4v) is 1.77. The summed E-state index contributed by atoms with van der Waals surface area (Å²) in [4.78, 5) is 4.00. The molecule has 3 N–H and O–H groups in total. The lowest BCUT2D eigenvalue weighted by Crippen LogP contribution is -2.41. The van der Waals surface area contributed by atoms with E-state index in [2.05, 4.69) is 24.1 Å². The number of nitrogens with zero attached hydrogens (tertiary/aromatic N) is 1. The molecule has 4 heteroatoms. The number of rotatable bonds is 7. The molecule has 2 unspecified atom stereocenters. The SMILES string of the molecule is CCCNC(Cc1ccnc(N)c1)C(C)OC. The van der Waals surface area contributed by atoms with E-state index in [9.17, 15) is 0 Å². The summed E-state index contributed by atoms with van der Waals surface area (Å²) in [6, 6.07) is 4.23. The molecule has 0 radical (unpaired) electrons. The van der Waals surface area contributed by atoms with Crippen LogP contribution < -0.4 is 11.1 Å². The van der Waals surface area contributed by atoms with E-state index in [0.717, 1.165) is 19.4 Å². The number of nitrogens with two attached hydrogens (primary N) is 1. The maximum absolute atomic E-state index is 5.68. The summed E-state index contributed by atoms with van der Waals surface area (Å²) in [5.41, 5.74) is 6.87. The van der Waals surface area contributed by atoms with Gasteiger partial charge in [0.15, 0.2) is 0 Å². The lowest BCUT2D eigenvalue weighted by molar-refractivity contribution is 0.0831. The average molecular weight is 237 g/mol. The van der Waals surface area contributed by atoms with Crippen molar-refractivity contribution in [2.45, 2.75) is 38.8 Å². The molecular weight excluding hydrogens is 214 g/mol. The maximum atomic E-state index is 5.68. The third kappa shape index (κ3) is 4.71. The highest BCUT2D eigenvalue weighted by atomic mass is 16.5. The monoisotopic (exact) mass is 237 g/mol. The highest BCUT2D eigenvalue weighted by Crippen LogP contribution is 2.10. The summed E-state index contributed by atoms with van der Waals surface area (Å²) >= 11 is 0. The van der Waals surface area contributed by atoms with Crippen LogP contribution in [0.3, 0.4) is 0 Å². The van der Waals surface area contributed by atoms with Crippen LogP contribution in [0.5, 0.6) is 0 Å². The first-order chi connectivity index (χ1) is 8.17. The lowest BCUT2D eigenvalue weighted by Gasteiger charge is -2.24. The Morgan fingerprint density at radius 2 is 2.29 bits per heavy atom. The standard InChI is InChI=1S/C13H23N3O/c1-4-6-15-12(10(2)17-3)8-11-5-7-16-13(14)9-11/h5,7,9-10,12,15H,4,6,8H2,1-3H3,(H2,14,16). The molecule has 0 aliphatic heterocycles. The van der Waals surface area contributed by atoms with Gasteiger partial charge < -0.3 is 15.8 Å². The van der Waals surface area contributed by atoms with Crippen molar-refractivity contribution < 1.29 is 4.74 Å². The van der Waals surface area contributed by atoms with Gasteiger partial charge in [0, 0.05) is 19.3 Å². The van der Waals surface area contributed by atoms with Crippen molar-refractivity contribution in [3.8, 4) is 0 Å². The molecule has 1 aromatic heterocycles. The van der Waals surface area contributed by atoms with Crippen molar-refractivity contribution in [3.05, 3.63) is 23.9 Å². The fraction of sp³-hybridized carbons (Fsp3) is 0.615. The first kappa shape index (κ1) is 13.9. The van der Waals surface area contributed by atoms with Crippen LogP contribution in [0.4, 0.5) is 5.82 Å². The minimum Gasteiger partial charge on any atom is -0.384 e. The minimum atomic E-state index is 0.177. The highest BCUT2D eigenvalue weighted by molar-refractivity contribution is 5.32. The van der Waals surface area contributed by atoms with Crippen LogP contribution in [0, 0.1) is 0 Å². The summed E-state index contributed by atoms with van der Waals surface area (Å²) in [6.07, 6.45) is 3.95. The van der Waals surface area contributed by atoms with Gasteiger partial charge in [-0.1, -0.05) is 6.92 Å². The summed E-state index contributed by atoms with van der Waals surface area (Å²) in [5, 5.41) is 3.50. The van der Waals surface area contributed by atoms with Gasteiger partial charge >= 0.3 is 0 Å². The van der Waals surface area contributed by atoms with Crippen LogP contribution >= 0.6 is 0 Å². The summed E-state index contributed by atoms with van der Waals surface area (Å²) in [6.45, 7) is 5.24. The van der Waals surface area contributed by atoms with E-state index in [4.69, 9.17) is 10.5 Å². The van der Waals surface area contributed by atoms with Gasteiger partial charge in [0.25, 0.3) is 0 Å². The lowest BCUT2D eigenvalue weighted by atomic mass is 10.0. The van der Waals surface area contributed by atoms with Gasteiger partial charge in [0.1, 0.15) is 5.82 Å². The minimum absolute atomic E-state index is 0.177. The van der Waals surface area contributed by atoms with E-state index in [1.807, 2.05) is 12.1 Å². The molecule has 1 heterocycles. The van der Waals surface area contributed by atoms with E-state index < -0.39 is 0 Å². The van der Waals surface area contributed by atoms with E-state index in [1.165, 1.54) is 5.56 Å². The number of ether oxygens (including phenoxy) is 1. The Morgan fingerprint density at radius 3 is 2.88 bits per heavy atom. The second-order valence-electron chi connectivity index (χ2n) is 4.29. The van der Waals surface area contributed by atoms with E-state index in [1.54, 1.807) is 13.3 Å². The van der Waals surface area contributed by atoms with Crippen molar-refractivity contribution in [1.82, 2.24) is 10.3 Å². The molecule has 0 aliphatic carbocycles. The molecule has 0 fully saturated rings. The van der Waals surface area contributed by atoms with Crippen molar-refractivity contribution in [2.24, 2.45) is 0 Å². The van der Waals surface area contributed by atoms with Crippen LogP contribution in [0.25, 0.3) is 0 Å². The molecule has 0 aliphatic rings. The maximum Gasteiger partial charge on any atom is 0.123 e. The number of hydrogen-bond donors (Lipinski definition) is 2. The second kappa shape index (κ2) is 7.25. The third-order valence-corrected chi connectivity index (χ3v) is 2.90. The van der Waals surface area contributed by atoms with Gasteiger partial charge in [0.05, 0.1) is 6.10 Å². The Bertz CT molecular complexity index is 330. The fourth-order valence-electron chi connectivity index (χ4n) is 1.77. The van der Waals surface area contributed by atoms with E-state index >= 15 is 0 Å². The van der Waals surface area contributed by atoms with Gasteiger partial charge in [0.2, 0.25) is 0 Å². The van der Waals surface area contributed by atoms with Gasteiger partial charge in [-0.05, 0) is 44.0 Å². The summed E-state index contributed by atoms with van der Waals surface area (Å²) in [5.74, 6) is 0.571. The molecule has 0 bridgehead atoms. The Kier molecular flexibility index (Phi) is 5.94. The van der Waals surface area contributed by atoms with Crippen molar-refractivity contribution in [1.29, 1.82) is 0 Å². The Morgan fingerprint density at radius 1 is 1.53 bits per heavy atom. The number of anilines is 1. The van der Waals surface area contributed by atoms with Crippen LogP contribution in [-0.4, -0.2) is 30.8 Å². The summed E-state index contributed by atoms with van der Waals surface area (Å²) in [7, 11) is 1.74. The molecule has 1 aromatic rings. The van der Waals surface area contributed by atoms with Gasteiger partial charge in [-0.15, -0.1) is 0 Å². The molecule has 0 amide bonds. The molecule has 0 saturated heterocycles. The van der Waals surface area contributed by atoms with E-state index in [-0.39, 0.29) is 6.10 Å². The number of methoxy groups -OCH3 is 1. The van der Waals surface area contributed by atoms with Gasteiger partial charge in [-0.2, -0.15) is 0 Å². The Balaban J connectivity index is 2.64. The molecule has 17 heavy (non-hydrogen) atoms. The normalized spacial score (nSPS) is 14.5. The predicted octanol–water partition coefficient (Wildman–Crippen LogP) is 1.61. The first-order valence-corrected chi connectivity index (χ1v) is 6.14. The van der Waals surface area contributed by atoms with Crippen molar-refractivity contribution >= 4 is 5.82 Å². The molecule has 0 saturated carbocycles. The number of nitrogen functional groups attached to an aromatic ring is 1. The number of aromatic nitrogens is 1. The quantitative estimate of drug-likeness (QED) is 0.756. The molecule has 96 valence electrons. The van der Waals surface area contributed by atoms with Crippen molar-refractivity contribution in [3.63, 3.8) is 0 Å². The number of nitrogens with one attached hydrogen (secondary N) is 1. The molecule has 1 rings (SSSR count). The zero-order valence-corrected chi connectivity index (χ0v) is 10.9. The van der Waals surface area contributed by atoms with Crippen LogP contribution in [0.2, 0.25) is 0 Å². The average Bonchev–Trinajstić information content (AvgIpc) is 2.33. The topological polar surface area (TPSA) is 60.2 Å². The van der Waals surface area contributed by atoms with Crippen molar-refractivity contribution in [2.75, 3.05) is 19.4 Å². The zero-order chi connectivity index (χ0) is 12.7. The molecule has 2 atom stereocenters. The Labute approximate surface area is 104 Å². The first-order valence-electron chi connectivity index (χ1n) is 6.14. The van der Waals surface area contributed by atoms with Crippen LogP contribution in [0.15, 0.2) is 18.3 Å². The smallest absolute Gasteiger partial charge is 0.123 e. The number of pyridine rings is 1. The van der Waals surface area contributed by atoms with Crippen LogP contribution in [-0.2, 0) is 11.2 Å². The second-order valence-corrected chi connectivity index (χ2v) is 4.29. The Hall–Kier alpha value is -1.13. The van der Waals surface area contributed by atoms with Gasteiger partial charge in [-0.3, -0.25) is 0 Å². The number of hydrogen-bond acceptors (Lipinski definition) is 4. The molecule has 0 aromatic carbocycles. The molecular formula is C13H23N3O. The third-order valence-electron chi connectivity index (χ3n) is 2.90. The predicted molar refractivity (Wildman–Crippen MR) is 70.9 cm³/mol. The largest absolute Gasteiger partial charge is 0.384 e. The van der Waals surface area contributed by atoms with Gasteiger partial charge in [-0.25, -0.2) is 4.98 Å². The zero-order valence-electron chi connectivity index (χ0n) is 10.9. The van der Waals surface area contributed by atoms with E-state index in [0.29, 0.717) is 11.9 Å². The molecule has 4 nitrogen and oxygen atoms in total. The summed E-state index contributed by atoms with van der Waals surface area (Å²) < 4.78 is 5.40. The van der Waals surface area contributed by atoms with Crippen LogP contribution in [0.1, 0.15) is 25.8 Å². The molecule has 0 spiro atoms.